The molecular formula is C15H18ClF3N2. The van der Waals surface area contributed by atoms with Crippen molar-refractivity contribution in [1.82, 2.24) is 4.90 Å². The van der Waals surface area contributed by atoms with Gasteiger partial charge in [-0.1, -0.05) is 11.6 Å². The van der Waals surface area contributed by atoms with Gasteiger partial charge in [-0.3, -0.25) is 0 Å². The zero-order valence-electron chi connectivity index (χ0n) is 11.6. The number of alkyl halides is 3. The minimum atomic E-state index is -4.41. The van der Waals surface area contributed by atoms with E-state index < -0.39 is 11.7 Å². The van der Waals surface area contributed by atoms with Gasteiger partial charge in [-0.2, -0.15) is 13.2 Å². The van der Waals surface area contributed by atoms with E-state index in [2.05, 4.69) is 10.2 Å². The van der Waals surface area contributed by atoms with E-state index >= 15 is 0 Å². The summed E-state index contributed by atoms with van der Waals surface area (Å²) in [5, 5.41) is 3.00. The minimum Gasteiger partial charge on any atom is -0.382 e. The topological polar surface area (TPSA) is 15.3 Å². The summed E-state index contributed by atoms with van der Waals surface area (Å²) in [6, 6.07) is 4.89. The number of anilines is 1. The van der Waals surface area contributed by atoms with Crippen LogP contribution in [0.15, 0.2) is 18.2 Å². The molecule has 0 saturated carbocycles. The second-order valence-electron chi connectivity index (χ2n) is 5.89. The van der Waals surface area contributed by atoms with Crippen molar-refractivity contribution in [2.75, 3.05) is 18.4 Å². The molecule has 1 N–H and O–H groups in total. The van der Waals surface area contributed by atoms with E-state index in [1.165, 1.54) is 18.9 Å². The summed E-state index contributed by atoms with van der Waals surface area (Å²) < 4.78 is 38.6. The highest BCUT2D eigenvalue weighted by atomic mass is 35.5. The van der Waals surface area contributed by atoms with Crippen molar-refractivity contribution in [3.8, 4) is 0 Å². The van der Waals surface area contributed by atoms with E-state index in [1.807, 2.05) is 0 Å². The van der Waals surface area contributed by atoms with Crippen molar-refractivity contribution in [1.29, 1.82) is 0 Å². The minimum absolute atomic E-state index is 0.242. The van der Waals surface area contributed by atoms with Crippen molar-refractivity contribution >= 4 is 17.3 Å². The van der Waals surface area contributed by atoms with Crippen LogP contribution in [0.4, 0.5) is 18.9 Å². The first-order chi connectivity index (χ1) is 9.93. The fourth-order valence-electron chi connectivity index (χ4n) is 3.42. The summed E-state index contributed by atoms with van der Waals surface area (Å²) in [6.45, 7) is 2.19. The van der Waals surface area contributed by atoms with Crippen LogP contribution < -0.4 is 5.32 Å². The standard InChI is InChI=1S/C15H18ClF3N2/c16-14-4-3-10(9-13(14)15(17,18)19)20-11-5-7-21-6-1-2-12(21)8-11/h3-4,9,11-12,20H,1-2,5-8H2. The van der Waals surface area contributed by atoms with Gasteiger partial charge in [0.1, 0.15) is 0 Å². The van der Waals surface area contributed by atoms with Gasteiger partial charge in [0.05, 0.1) is 10.6 Å². The van der Waals surface area contributed by atoms with Gasteiger partial charge in [-0.15, -0.1) is 0 Å². The summed E-state index contributed by atoms with van der Waals surface area (Å²) in [5.74, 6) is 0. The first-order valence-electron chi connectivity index (χ1n) is 7.31. The number of halogens is 4. The molecule has 3 rings (SSSR count). The SMILES string of the molecule is FC(F)(F)c1cc(NC2CCN3CCCC3C2)ccc1Cl. The van der Waals surface area contributed by atoms with Crippen molar-refractivity contribution in [3.05, 3.63) is 28.8 Å². The predicted molar refractivity (Wildman–Crippen MR) is 77.7 cm³/mol. The van der Waals surface area contributed by atoms with Gasteiger partial charge in [-0.25, -0.2) is 0 Å². The number of nitrogens with one attached hydrogen (secondary N) is 1. The highest BCUT2D eigenvalue weighted by Gasteiger charge is 2.34. The lowest BCUT2D eigenvalue weighted by atomic mass is 9.97. The summed E-state index contributed by atoms with van der Waals surface area (Å²) in [7, 11) is 0. The summed E-state index contributed by atoms with van der Waals surface area (Å²) in [4.78, 5) is 2.49. The molecule has 21 heavy (non-hydrogen) atoms. The molecule has 2 aliphatic rings. The normalized spacial score (nSPS) is 26.7. The zero-order valence-corrected chi connectivity index (χ0v) is 12.3. The fraction of sp³-hybridized carbons (Fsp3) is 0.600. The Labute approximate surface area is 127 Å². The van der Waals surface area contributed by atoms with Crippen molar-refractivity contribution in [2.45, 2.75) is 43.9 Å². The molecule has 0 amide bonds. The molecule has 0 aliphatic carbocycles. The van der Waals surface area contributed by atoms with Crippen LogP contribution in [-0.2, 0) is 6.18 Å². The lowest BCUT2D eigenvalue weighted by molar-refractivity contribution is -0.137. The van der Waals surface area contributed by atoms with E-state index in [-0.39, 0.29) is 11.1 Å². The van der Waals surface area contributed by atoms with Gasteiger partial charge in [0.2, 0.25) is 0 Å². The Kier molecular flexibility index (Phi) is 4.06. The van der Waals surface area contributed by atoms with Crippen LogP contribution >= 0.6 is 11.6 Å². The Morgan fingerprint density at radius 2 is 2.00 bits per heavy atom. The molecule has 2 nitrogen and oxygen atoms in total. The molecule has 116 valence electrons. The number of nitrogens with zero attached hydrogens (tertiary/aromatic N) is 1. The van der Waals surface area contributed by atoms with Gasteiger partial charge in [0.25, 0.3) is 0 Å². The van der Waals surface area contributed by atoms with E-state index in [0.717, 1.165) is 32.0 Å². The number of hydrogen-bond donors (Lipinski definition) is 1. The van der Waals surface area contributed by atoms with E-state index in [4.69, 9.17) is 11.6 Å². The molecular weight excluding hydrogens is 301 g/mol. The molecule has 2 atom stereocenters. The third-order valence-electron chi connectivity index (χ3n) is 4.46. The van der Waals surface area contributed by atoms with Crippen molar-refractivity contribution < 1.29 is 13.2 Å². The lowest BCUT2D eigenvalue weighted by Crippen LogP contribution is -2.42. The molecule has 2 unspecified atom stereocenters. The lowest BCUT2D eigenvalue weighted by Gasteiger charge is -2.35. The molecule has 0 spiro atoms. The third kappa shape index (κ3) is 3.29. The van der Waals surface area contributed by atoms with Crippen LogP contribution in [0.2, 0.25) is 5.02 Å². The number of benzene rings is 1. The van der Waals surface area contributed by atoms with E-state index in [9.17, 15) is 13.2 Å². The molecule has 2 aliphatic heterocycles. The summed E-state index contributed by atoms with van der Waals surface area (Å²) >= 11 is 5.64. The maximum absolute atomic E-state index is 12.9. The molecule has 2 fully saturated rings. The van der Waals surface area contributed by atoms with E-state index in [1.54, 1.807) is 6.07 Å². The van der Waals surface area contributed by atoms with Gasteiger partial charge in [-0.05, 0) is 50.4 Å². The third-order valence-corrected chi connectivity index (χ3v) is 4.79. The quantitative estimate of drug-likeness (QED) is 0.869. The van der Waals surface area contributed by atoms with Gasteiger partial charge in [0, 0.05) is 24.3 Å². The van der Waals surface area contributed by atoms with Crippen LogP contribution in [0.25, 0.3) is 0 Å². The molecule has 2 heterocycles. The molecule has 0 radical (unpaired) electrons. The maximum atomic E-state index is 12.9. The zero-order chi connectivity index (χ0) is 15.0. The molecule has 1 aromatic carbocycles. The number of rotatable bonds is 2. The average molecular weight is 319 g/mol. The van der Waals surface area contributed by atoms with Crippen LogP contribution in [0.1, 0.15) is 31.2 Å². The highest BCUT2D eigenvalue weighted by Crippen LogP contribution is 2.37. The van der Waals surface area contributed by atoms with Crippen LogP contribution in [0.5, 0.6) is 0 Å². The van der Waals surface area contributed by atoms with Gasteiger partial charge >= 0.3 is 6.18 Å². The van der Waals surface area contributed by atoms with Crippen molar-refractivity contribution in [2.24, 2.45) is 0 Å². The average Bonchev–Trinajstić information content (AvgIpc) is 2.87. The van der Waals surface area contributed by atoms with Crippen LogP contribution in [-0.4, -0.2) is 30.1 Å². The van der Waals surface area contributed by atoms with Gasteiger partial charge in [0.15, 0.2) is 0 Å². The Bertz CT molecular complexity index is 518. The number of hydrogen-bond acceptors (Lipinski definition) is 2. The van der Waals surface area contributed by atoms with Crippen LogP contribution in [0, 0.1) is 0 Å². The maximum Gasteiger partial charge on any atom is 0.417 e. The predicted octanol–water partition coefficient (Wildman–Crippen LogP) is 4.40. The molecule has 1 aromatic rings. The first-order valence-corrected chi connectivity index (χ1v) is 7.68. The number of piperidine rings is 1. The largest absolute Gasteiger partial charge is 0.417 e. The van der Waals surface area contributed by atoms with Gasteiger partial charge < -0.3 is 10.2 Å². The second kappa shape index (κ2) is 5.69. The summed E-state index contributed by atoms with van der Waals surface area (Å²) in [6.07, 6.45) is -0.00278. The molecule has 2 saturated heterocycles. The highest BCUT2D eigenvalue weighted by molar-refractivity contribution is 6.31. The first kappa shape index (κ1) is 15.0. The second-order valence-corrected chi connectivity index (χ2v) is 6.30. The monoisotopic (exact) mass is 318 g/mol. The molecule has 0 aromatic heterocycles. The Morgan fingerprint density at radius 1 is 1.19 bits per heavy atom. The van der Waals surface area contributed by atoms with E-state index in [0.29, 0.717) is 11.7 Å². The fourth-order valence-corrected chi connectivity index (χ4v) is 3.65. The van der Waals surface area contributed by atoms with Crippen LogP contribution in [0.3, 0.4) is 0 Å². The molecule has 0 bridgehead atoms. The summed E-state index contributed by atoms with van der Waals surface area (Å²) in [5.41, 5.74) is -0.268. The smallest absolute Gasteiger partial charge is 0.382 e. The Balaban J connectivity index is 1.70. The number of fused-ring (bicyclic) bond motifs is 1. The Hall–Kier alpha value is -0.940. The molecule has 6 heteroatoms. The Morgan fingerprint density at radius 3 is 2.76 bits per heavy atom. The van der Waals surface area contributed by atoms with Crippen molar-refractivity contribution in [3.63, 3.8) is 0 Å².